The largest absolute Gasteiger partial charge is 0.326 e. The van der Waals surface area contributed by atoms with Crippen molar-refractivity contribution >= 4 is 22.4 Å². The highest BCUT2D eigenvalue weighted by molar-refractivity contribution is 7.89. The molecule has 1 heterocycles. The molecule has 4 nitrogen and oxygen atoms in total. The molecule has 0 amide bonds. The van der Waals surface area contributed by atoms with E-state index in [-0.39, 0.29) is 36.0 Å². The number of rotatable bonds is 6. The average Bonchev–Trinajstić information content (AvgIpc) is 2.88. The van der Waals surface area contributed by atoms with Crippen LogP contribution in [0.3, 0.4) is 0 Å². The van der Waals surface area contributed by atoms with Gasteiger partial charge in [-0.05, 0) is 11.5 Å². The van der Waals surface area contributed by atoms with Crippen LogP contribution < -0.4 is 5.73 Å². The van der Waals surface area contributed by atoms with Gasteiger partial charge >= 0.3 is 0 Å². The highest BCUT2D eigenvalue weighted by Gasteiger charge is 2.37. The highest BCUT2D eigenvalue weighted by atomic mass is 35.5. The Morgan fingerprint density at radius 3 is 2.32 bits per heavy atom. The van der Waals surface area contributed by atoms with Crippen LogP contribution in [0.2, 0.25) is 0 Å². The van der Waals surface area contributed by atoms with Gasteiger partial charge in [-0.25, -0.2) is 8.42 Å². The zero-order valence-electron chi connectivity index (χ0n) is 13.3. The Kier molecular flexibility index (Phi) is 7.32. The third-order valence-electron chi connectivity index (χ3n) is 4.55. The maximum absolute atomic E-state index is 12.6. The summed E-state index contributed by atoms with van der Waals surface area (Å²) in [6, 6.07) is 9.85. The van der Waals surface area contributed by atoms with E-state index in [4.69, 9.17) is 5.73 Å². The molecule has 0 aliphatic carbocycles. The van der Waals surface area contributed by atoms with Crippen molar-refractivity contribution in [1.29, 1.82) is 0 Å². The molecule has 6 heteroatoms. The van der Waals surface area contributed by atoms with E-state index in [1.165, 1.54) is 0 Å². The van der Waals surface area contributed by atoms with Gasteiger partial charge in [0.25, 0.3) is 0 Å². The van der Waals surface area contributed by atoms with Crippen LogP contribution in [0, 0.1) is 5.92 Å². The predicted octanol–water partition coefficient (Wildman–Crippen LogP) is 2.60. The van der Waals surface area contributed by atoms with Gasteiger partial charge in [0.05, 0.1) is 5.75 Å². The molecule has 0 aromatic heterocycles. The van der Waals surface area contributed by atoms with Crippen LogP contribution in [0.4, 0.5) is 0 Å². The molecule has 2 rings (SSSR count). The third-order valence-corrected chi connectivity index (χ3v) is 6.53. The van der Waals surface area contributed by atoms with E-state index in [9.17, 15) is 8.42 Å². The van der Waals surface area contributed by atoms with Crippen molar-refractivity contribution in [2.24, 2.45) is 11.7 Å². The molecule has 0 saturated carbocycles. The second kappa shape index (κ2) is 8.29. The third kappa shape index (κ3) is 4.44. The lowest BCUT2D eigenvalue weighted by atomic mass is 9.95. The second-order valence-corrected chi connectivity index (χ2v) is 7.97. The van der Waals surface area contributed by atoms with Crippen molar-refractivity contribution in [3.05, 3.63) is 35.9 Å². The number of sulfonamides is 1. The number of benzene rings is 1. The van der Waals surface area contributed by atoms with Crippen molar-refractivity contribution in [1.82, 2.24) is 4.31 Å². The van der Waals surface area contributed by atoms with Gasteiger partial charge in [0, 0.05) is 25.0 Å². The maximum atomic E-state index is 12.6. The summed E-state index contributed by atoms with van der Waals surface area (Å²) < 4.78 is 26.7. The van der Waals surface area contributed by atoms with Crippen LogP contribution >= 0.6 is 12.4 Å². The molecule has 1 aliphatic rings. The second-order valence-electron chi connectivity index (χ2n) is 5.96. The molecule has 22 heavy (non-hydrogen) atoms. The standard InChI is InChI=1S/C16H26N2O2S.ClH/c1-3-13(4-2)12-21(19,20)18-10-15(16(17)11-18)14-8-6-5-7-9-14;/h5-9,13,15-16H,3-4,10-12,17H2,1-2H3;1H/t15-,16+;/m0./s1. The first-order chi connectivity index (χ1) is 9.97. The average molecular weight is 347 g/mol. The van der Waals surface area contributed by atoms with Crippen LogP contribution in [-0.2, 0) is 10.0 Å². The monoisotopic (exact) mass is 346 g/mol. The fourth-order valence-corrected chi connectivity index (χ4v) is 5.06. The van der Waals surface area contributed by atoms with E-state index in [1.54, 1.807) is 4.31 Å². The van der Waals surface area contributed by atoms with Gasteiger partial charge in [-0.3, -0.25) is 0 Å². The molecular formula is C16H27ClN2O2S. The Bertz CT molecular complexity index is 547. The SMILES string of the molecule is CCC(CC)CS(=O)(=O)N1C[C@@H](N)[C@H](c2ccccc2)C1.Cl. The lowest BCUT2D eigenvalue weighted by Gasteiger charge is -2.20. The number of nitrogens with zero attached hydrogens (tertiary/aromatic N) is 1. The number of hydrogen-bond acceptors (Lipinski definition) is 3. The molecule has 1 aromatic carbocycles. The van der Waals surface area contributed by atoms with Crippen LogP contribution in [0.15, 0.2) is 30.3 Å². The summed E-state index contributed by atoms with van der Waals surface area (Å²) in [4.78, 5) is 0. The van der Waals surface area contributed by atoms with Crippen LogP contribution in [0.5, 0.6) is 0 Å². The topological polar surface area (TPSA) is 63.4 Å². The van der Waals surface area contributed by atoms with Crippen molar-refractivity contribution in [2.45, 2.75) is 38.6 Å². The summed E-state index contributed by atoms with van der Waals surface area (Å²) in [6.45, 7) is 5.04. The molecule has 1 aliphatic heterocycles. The van der Waals surface area contributed by atoms with E-state index < -0.39 is 10.0 Å². The van der Waals surface area contributed by atoms with Crippen molar-refractivity contribution < 1.29 is 8.42 Å². The quantitative estimate of drug-likeness (QED) is 0.861. The van der Waals surface area contributed by atoms with Crippen LogP contribution in [0.25, 0.3) is 0 Å². The summed E-state index contributed by atoms with van der Waals surface area (Å²) in [6.07, 6.45) is 1.80. The van der Waals surface area contributed by atoms with Gasteiger partial charge in [0.2, 0.25) is 10.0 Å². The minimum Gasteiger partial charge on any atom is -0.326 e. The minimum atomic E-state index is -3.20. The Labute approximate surface area is 140 Å². The molecule has 0 unspecified atom stereocenters. The fourth-order valence-electron chi connectivity index (χ4n) is 3.00. The summed E-state index contributed by atoms with van der Waals surface area (Å²) >= 11 is 0. The van der Waals surface area contributed by atoms with Crippen LogP contribution in [-0.4, -0.2) is 37.6 Å². The summed E-state index contributed by atoms with van der Waals surface area (Å²) in [7, 11) is -3.20. The van der Waals surface area contributed by atoms with E-state index in [0.717, 1.165) is 18.4 Å². The van der Waals surface area contributed by atoms with Crippen molar-refractivity contribution in [3.63, 3.8) is 0 Å². The number of hydrogen-bond donors (Lipinski definition) is 1. The summed E-state index contributed by atoms with van der Waals surface area (Å²) in [5, 5.41) is 0. The predicted molar refractivity (Wildman–Crippen MR) is 93.8 cm³/mol. The van der Waals surface area contributed by atoms with Gasteiger partial charge in [0.1, 0.15) is 0 Å². The Balaban J connectivity index is 0.00000242. The van der Waals surface area contributed by atoms with E-state index in [0.29, 0.717) is 13.1 Å². The molecule has 1 saturated heterocycles. The molecule has 126 valence electrons. The zero-order valence-corrected chi connectivity index (χ0v) is 14.9. The Hall–Kier alpha value is -0.620. The fraction of sp³-hybridized carbons (Fsp3) is 0.625. The zero-order chi connectivity index (χ0) is 15.5. The molecule has 0 radical (unpaired) electrons. The molecule has 0 bridgehead atoms. The van der Waals surface area contributed by atoms with E-state index in [1.807, 2.05) is 44.2 Å². The Morgan fingerprint density at radius 2 is 1.77 bits per heavy atom. The maximum Gasteiger partial charge on any atom is 0.214 e. The van der Waals surface area contributed by atoms with Gasteiger partial charge in [0.15, 0.2) is 0 Å². The molecule has 0 spiro atoms. The lowest BCUT2D eigenvalue weighted by Crippen LogP contribution is -2.35. The van der Waals surface area contributed by atoms with Gasteiger partial charge < -0.3 is 5.73 Å². The summed E-state index contributed by atoms with van der Waals surface area (Å²) in [5.41, 5.74) is 7.32. The molecule has 2 atom stereocenters. The van der Waals surface area contributed by atoms with Crippen LogP contribution in [0.1, 0.15) is 38.2 Å². The minimum absolute atomic E-state index is 0. The van der Waals surface area contributed by atoms with Crippen molar-refractivity contribution in [2.75, 3.05) is 18.8 Å². The molecule has 1 fully saturated rings. The Morgan fingerprint density at radius 1 is 1.18 bits per heavy atom. The molecular weight excluding hydrogens is 320 g/mol. The van der Waals surface area contributed by atoms with E-state index in [2.05, 4.69) is 0 Å². The van der Waals surface area contributed by atoms with Gasteiger partial charge in [-0.2, -0.15) is 4.31 Å². The van der Waals surface area contributed by atoms with Gasteiger partial charge in [-0.1, -0.05) is 57.0 Å². The molecule has 2 N–H and O–H groups in total. The highest BCUT2D eigenvalue weighted by Crippen LogP contribution is 2.29. The normalized spacial score (nSPS) is 22.7. The lowest BCUT2D eigenvalue weighted by molar-refractivity contribution is 0.449. The summed E-state index contributed by atoms with van der Waals surface area (Å²) in [5.74, 6) is 0.582. The first kappa shape index (κ1) is 19.4. The van der Waals surface area contributed by atoms with E-state index >= 15 is 0 Å². The van der Waals surface area contributed by atoms with Gasteiger partial charge in [-0.15, -0.1) is 12.4 Å². The first-order valence-corrected chi connectivity index (χ1v) is 9.37. The smallest absolute Gasteiger partial charge is 0.214 e. The first-order valence-electron chi connectivity index (χ1n) is 7.76. The number of halogens is 1. The van der Waals surface area contributed by atoms with Crippen molar-refractivity contribution in [3.8, 4) is 0 Å². The molecule has 1 aromatic rings. The number of nitrogens with two attached hydrogens (primary N) is 1.